The van der Waals surface area contributed by atoms with Crippen LogP contribution in [0.4, 0.5) is 10.1 Å². The van der Waals surface area contributed by atoms with Gasteiger partial charge in [0, 0.05) is 44.6 Å². The number of nitrogens with one attached hydrogen (secondary N) is 2. The van der Waals surface area contributed by atoms with Crippen LogP contribution in [0.2, 0.25) is 0 Å². The summed E-state index contributed by atoms with van der Waals surface area (Å²) in [4.78, 5) is 16.2. The molecule has 1 aliphatic rings. The third kappa shape index (κ3) is 2.39. The molecule has 0 fully saturated rings. The van der Waals surface area contributed by atoms with Crippen LogP contribution in [0.5, 0.6) is 0 Å². The predicted molar refractivity (Wildman–Crippen MR) is 96.2 cm³/mol. The van der Waals surface area contributed by atoms with Crippen LogP contribution in [0, 0.1) is 5.82 Å². The van der Waals surface area contributed by atoms with E-state index < -0.39 is 0 Å². The maximum absolute atomic E-state index is 14.4. The lowest BCUT2D eigenvalue weighted by molar-refractivity contribution is 0.103. The van der Waals surface area contributed by atoms with Crippen LogP contribution in [-0.4, -0.2) is 28.4 Å². The molecule has 0 saturated carbocycles. The second-order valence-electron chi connectivity index (χ2n) is 5.25. The van der Waals surface area contributed by atoms with Crippen molar-refractivity contribution in [3.05, 3.63) is 47.9 Å². The molecule has 24 heavy (non-hydrogen) atoms. The first-order valence-electron chi connectivity index (χ1n) is 7.18. The number of hydrogen-bond acceptors (Lipinski definition) is 3. The number of thioether (sulfide) groups is 1. The highest BCUT2D eigenvalue weighted by molar-refractivity contribution is 7.99. The predicted octanol–water partition coefficient (Wildman–Crippen LogP) is 4.26. The van der Waals surface area contributed by atoms with Crippen molar-refractivity contribution in [3.8, 4) is 11.3 Å². The van der Waals surface area contributed by atoms with E-state index in [1.54, 1.807) is 12.3 Å². The van der Waals surface area contributed by atoms with E-state index in [2.05, 4.69) is 10.3 Å². The smallest absolute Gasteiger partial charge is 0.257 e. The van der Waals surface area contributed by atoms with Crippen LogP contribution in [0.25, 0.3) is 22.0 Å². The van der Waals surface area contributed by atoms with E-state index in [-0.39, 0.29) is 25.8 Å². The summed E-state index contributed by atoms with van der Waals surface area (Å²) in [5.74, 6) is -0.122. The second-order valence-corrected chi connectivity index (χ2v) is 6.39. The van der Waals surface area contributed by atoms with Crippen molar-refractivity contribution in [2.45, 2.75) is 12.3 Å². The standard InChI is InChI=1S/C17H13FN2O2S.CH4/c18-10-3-4-12-16-14(17(22)20-12)9(11-2-1-5-19-11)8-13(15(10)16)23-7-6-21;/h1-5,8,19,21H,6-7H2,(H,20,22);1H4. The second kappa shape index (κ2) is 6.30. The summed E-state index contributed by atoms with van der Waals surface area (Å²) in [6, 6.07) is 8.51. The number of carbonyl (C=O) groups excluding carboxylic acids is 1. The normalized spacial score (nSPS) is 12.3. The van der Waals surface area contributed by atoms with Gasteiger partial charge in [-0.25, -0.2) is 4.39 Å². The number of anilines is 1. The van der Waals surface area contributed by atoms with Crippen LogP contribution < -0.4 is 5.32 Å². The van der Waals surface area contributed by atoms with Gasteiger partial charge in [-0.05, 0) is 30.3 Å². The number of carbonyl (C=O) groups is 1. The maximum atomic E-state index is 14.4. The number of amides is 1. The topological polar surface area (TPSA) is 65.1 Å². The van der Waals surface area contributed by atoms with Gasteiger partial charge in [-0.3, -0.25) is 4.79 Å². The van der Waals surface area contributed by atoms with Crippen LogP contribution in [-0.2, 0) is 0 Å². The lowest BCUT2D eigenvalue weighted by atomic mass is 9.97. The Kier molecular flexibility index (Phi) is 4.34. The van der Waals surface area contributed by atoms with Crippen molar-refractivity contribution in [1.82, 2.24) is 4.98 Å². The Labute approximate surface area is 143 Å². The number of aromatic amines is 1. The molecule has 0 aliphatic carbocycles. The van der Waals surface area contributed by atoms with E-state index in [0.29, 0.717) is 27.8 Å². The molecular formula is C18H17FN2O2S. The zero-order valence-electron chi connectivity index (χ0n) is 12.0. The molecule has 2 aromatic carbocycles. The number of aliphatic hydroxyl groups is 1. The summed E-state index contributed by atoms with van der Waals surface area (Å²) in [5.41, 5.74) is 2.66. The molecule has 0 saturated heterocycles. The number of H-pyrrole nitrogens is 1. The fourth-order valence-electron chi connectivity index (χ4n) is 2.99. The van der Waals surface area contributed by atoms with E-state index >= 15 is 0 Å². The molecule has 0 bridgehead atoms. The molecule has 0 unspecified atom stereocenters. The van der Waals surface area contributed by atoms with E-state index in [0.717, 1.165) is 16.2 Å². The Morgan fingerprint density at radius 1 is 1.21 bits per heavy atom. The van der Waals surface area contributed by atoms with Crippen LogP contribution in [0.3, 0.4) is 0 Å². The highest BCUT2D eigenvalue weighted by Crippen LogP contribution is 2.44. The average molecular weight is 344 g/mol. The molecule has 0 radical (unpaired) electrons. The summed E-state index contributed by atoms with van der Waals surface area (Å²) in [5, 5.41) is 13.0. The Morgan fingerprint density at radius 3 is 2.75 bits per heavy atom. The largest absolute Gasteiger partial charge is 0.396 e. The summed E-state index contributed by atoms with van der Waals surface area (Å²) in [7, 11) is 0. The van der Waals surface area contributed by atoms with Gasteiger partial charge in [0.05, 0.1) is 12.2 Å². The van der Waals surface area contributed by atoms with E-state index in [1.165, 1.54) is 17.8 Å². The minimum absolute atomic E-state index is 0. The number of benzene rings is 2. The van der Waals surface area contributed by atoms with Crippen molar-refractivity contribution < 1.29 is 14.3 Å². The first kappa shape index (κ1) is 16.5. The molecule has 2 heterocycles. The number of aliphatic hydroxyl groups excluding tert-OH is 1. The Balaban J connectivity index is 0.00000169. The maximum Gasteiger partial charge on any atom is 0.257 e. The van der Waals surface area contributed by atoms with E-state index in [4.69, 9.17) is 5.11 Å². The Hall–Kier alpha value is -2.31. The Bertz CT molecular complexity index is 923. The van der Waals surface area contributed by atoms with Gasteiger partial charge in [-0.15, -0.1) is 11.8 Å². The number of halogens is 1. The molecule has 4 nitrogen and oxygen atoms in total. The van der Waals surface area contributed by atoms with Gasteiger partial charge in [0.1, 0.15) is 5.82 Å². The van der Waals surface area contributed by atoms with Gasteiger partial charge < -0.3 is 15.4 Å². The third-order valence-electron chi connectivity index (χ3n) is 3.91. The summed E-state index contributed by atoms with van der Waals surface area (Å²) >= 11 is 1.38. The van der Waals surface area contributed by atoms with E-state index in [9.17, 15) is 9.18 Å². The molecule has 1 aromatic heterocycles. The molecule has 3 N–H and O–H groups in total. The van der Waals surface area contributed by atoms with Gasteiger partial charge in [-0.2, -0.15) is 0 Å². The number of hydrogen-bond donors (Lipinski definition) is 3. The molecule has 0 spiro atoms. The molecule has 0 atom stereocenters. The molecule has 1 aliphatic heterocycles. The molecule has 124 valence electrons. The highest BCUT2D eigenvalue weighted by Gasteiger charge is 2.29. The van der Waals surface area contributed by atoms with Crippen molar-refractivity contribution in [2.24, 2.45) is 0 Å². The van der Waals surface area contributed by atoms with Crippen molar-refractivity contribution in [2.75, 3.05) is 17.7 Å². The lowest BCUT2D eigenvalue weighted by Crippen LogP contribution is -2.06. The first-order chi connectivity index (χ1) is 11.2. The Morgan fingerprint density at radius 2 is 2.04 bits per heavy atom. The quantitative estimate of drug-likeness (QED) is 0.620. The molecule has 3 aromatic rings. The van der Waals surface area contributed by atoms with Crippen molar-refractivity contribution in [3.63, 3.8) is 0 Å². The van der Waals surface area contributed by atoms with E-state index in [1.807, 2.05) is 18.2 Å². The van der Waals surface area contributed by atoms with Crippen LogP contribution in [0.1, 0.15) is 17.8 Å². The van der Waals surface area contributed by atoms with Crippen LogP contribution in [0.15, 0.2) is 41.4 Å². The summed E-state index contributed by atoms with van der Waals surface area (Å²) in [6.07, 6.45) is 1.78. The van der Waals surface area contributed by atoms with Gasteiger partial charge >= 0.3 is 0 Å². The monoisotopic (exact) mass is 344 g/mol. The molecular weight excluding hydrogens is 327 g/mol. The van der Waals surface area contributed by atoms with Crippen molar-refractivity contribution in [1.29, 1.82) is 0 Å². The zero-order chi connectivity index (χ0) is 16.0. The molecule has 6 heteroatoms. The van der Waals surface area contributed by atoms with Crippen molar-refractivity contribution >= 4 is 34.1 Å². The summed E-state index contributed by atoms with van der Waals surface area (Å²) in [6.45, 7) is 0.00420. The van der Waals surface area contributed by atoms with Gasteiger partial charge in [0.2, 0.25) is 0 Å². The van der Waals surface area contributed by atoms with Gasteiger partial charge in [0.15, 0.2) is 0 Å². The molecule has 4 rings (SSSR count). The fourth-order valence-corrected chi connectivity index (χ4v) is 3.85. The van der Waals surface area contributed by atoms with Crippen LogP contribution >= 0.6 is 11.8 Å². The van der Waals surface area contributed by atoms with Gasteiger partial charge in [0.25, 0.3) is 5.91 Å². The number of aromatic nitrogens is 1. The lowest BCUT2D eigenvalue weighted by Gasteiger charge is -2.12. The molecule has 1 amide bonds. The zero-order valence-corrected chi connectivity index (χ0v) is 12.8. The number of rotatable bonds is 4. The minimum Gasteiger partial charge on any atom is -0.396 e. The first-order valence-corrected chi connectivity index (χ1v) is 8.17. The fraction of sp³-hybridized carbons (Fsp3) is 0.167. The average Bonchev–Trinajstić information content (AvgIpc) is 3.18. The highest BCUT2D eigenvalue weighted by atomic mass is 32.2. The minimum atomic E-state index is -0.361. The SMILES string of the molecule is C.O=C1Nc2ccc(F)c3c(SCCO)cc(-c4ccc[nH]4)c1c23. The summed E-state index contributed by atoms with van der Waals surface area (Å²) < 4.78 is 14.4. The van der Waals surface area contributed by atoms with Gasteiger partial charge in [-0.1, -0.05) is 7.43 Å². The third-order valence-corrected chi connectivity index (χ3v) is 4.93.